The molecule has 1 N–H and O–H groups in total. The third kappa shape index (κ3) is 4.43. The minimum Gasteiger partial charge on any atom is -0.328 e. The van der Waals surface area contributed by atoms with E-state index < -0.39 is 0 Å². The highest BCUT2D eigenvalue weighted by Gasteiger charge is 2.07. The molecule has 1 aromatic heterocycles. The predicted molar refractivity (Wildman–Crippen MR) is 90.6 cm³/mol. The second kappa shape index (κ2) is 8.63. The van der Waals surface area contributed by atoms with Crippen molar-refractivity contribution < 1.29 is 0 Å². The summed E-state index contributed by atoms with van der Waals surface area (Å²) >= 11 is 0. The fraction of sp³-hybridized carbons (Fsp3) is 0.500. The number of aromatic nitrogens is 2. The summed E-state index contributed by atoms with van der Waals surface area (Å²) in [5.74, 6) is 1.18. The molecule has 0 aliphatic carbocycles. The molecular formula is C18H27N3. The SMILES string of the molecule is CCCNCCC=CCc1nc2ccccc2n1CCC. The third-order valence-corrected chi connectivity index (χ3v) is 3.56. The summed E-state index contributed by atoms with van der Waals surface area (Å²) < 4.78 is 2.36. The second-order valence-electron chi connectivity index (χ2n) is 5.38. The van der Waals surface area contributed by atoms with Crippen molar-refractivity contribution in [2.75, 3.05) is 13.1 Å². The molecule has 1 aromatic carbocycles. The normalized spacial score (nSPS) is 11.7. The van der Waals surface area contributed by atoms with Crippen molar-refractivity contribution in [2.45, 2.75) is 46.1 Å². The van der Waals surface area contributed by atoms with E-state index in [0.717, 1.165) is 44.4 Å². The van der Waals surface area contributed by atoms with Crippen LogP contribution in [0.15, 0.2) is 36.4 Å². The summed E-state index contributed by atoms with van der Waals surface area (Å²) in [6, 6.07) is 8.42. The lowest BCUT2D eigenvalue weighted by atomic mass is 10.3. The van der Waals surface area contributed by atoms with E-state index in [1.54, 1.807) is 0 Å². The Kier molecular flexibility index (Phi) is 6.48. The first-order valence-electron chi connectivity index (χ1n) is 8.16. The molecule has 0 aliphatic rings. The molecule has 3 heteroatoms. The van der Waals surface area contributed by atoms with E-state index in [1.807, 2.05) is 0 Å². The zero-order valence-corrected chi connectivity index (χ0v) is 13.3. The molecule has 0 radical (unpaired) electrons. The number of hydrogen-bond donors (Lipinski definition) is 1. The van der Waals surface area contributed by atoms with Crippen LogP contribution >= 0.6 is 0 Å². The van der Waals surface area contributed by atoms with Crippen LogP contribution in [0.25, 0.3) is 11.0 Å². The minimum absolute atomic E-state index is 0.919. The highest BCUT2D eigenvalue weighted by Crippen LogP contribution is 2.17. The lowest BCUT2D eigenvalue weighted by Crippen LogP contribution is -2.15. The summed E-state index contributed by atoms with van der Waals surface area (Å²) in [5, 5.41) is 3.41. The molecular weight excluding hydrogens is 258 g/mol. The Hall–Kier alpha value is -1.61. The van der Waals surface area contributed by atoms with Crippen LogP contribution in [0, 0.1) is 0 Å². The van der Waals surface area contributed by atoms with Gasteiger partial charge < -0.3 is 9.88 Å². The number of rotatable bonds is 9. The first kappa shape index (κ1) is 15.8. The van der Waals surface area contributed by atoms with Crippen LogP contribution in [-0.4, -0.2) is 22.6 Å². The standard InChI is InChI=1S/C18H27N3/c1-3-13-19-14-9-5-6-12-18-20-16-10-7-8-11-17(16)21(18)15-4-2/h5-8,10-11,19H,3-4,9,12-15H2,1-2H3. The van der Waals surface area contributed by atoms with Gasteiger partial charge in [0.1, 0.15) is 5.82 Å². The quantitative estimate of drug-likeness (QED) is 0.559. The number of nitrogens with one attached hydrogen (secondary N) is 1. The molecule has 114 valence electrons. The van der Waals surface area contributed by atoms with Crippen LogP contribution in [0.3, 0.4) is 0 Å². The Morgan fingerprint density at radius 3 is 2.76 bits per heavy atom. The number of aryl methyl sites for hydroxylation is 1. The van der Waals surface area contributed by atoms with E-state index in [1.165, 1.54) is 17.8 Å². The number of fused-ring (bicyclic) bond motifs is 1. The van der Waals surface area contributed by atoms with Crippen molar-refractivity contribution in [3.05, 3.63) is 42.2 Å². The highest BCUT2D eigenvalue weighted by atomic mass is 15.1. The number of nitrogens with zero attached hydrogens (tertiary/aromatic N) is 2. The van der Waals surface area contributed by atoms with Gasteiger partial charge >= 0.3 is 0 Å². The fourth-order valence-electron chi connectivity index (χ4n) is 2.55. The molecule has 0 unspecified atom stereocenters. The molecule has 2 aromatic rings. The number of hydrogen-bond acceptors (Lipinski definition) is 2. The molecule has 3 nitrogen and oxygen atoms in total. The second-order valence-corrected chi connectivity index (χ2v) is 5.38. The van der Waals surface area contributed by atoms with E-state index in [0.29, 0.717) is 0 Å². The van der Waals surface area contributed by atoms with Crippen LogP contribution < -0.4 is 5.32 Å². The number of allylic oxidation sites excluding steroid dienone is 1. The first-order valence-corrected chi connectivity index (χ1v) is 8.16. The van der Waals surface area contributed by atoms with Gasteiger partial charge in [-0.1, -0.05) is 38.1 Å². The van der Waals surface area contributed by atoms with Gasteiger partial charge in [0.25, 0.3) is 0 Å². The minimum atomic E-state index is 0.919. The van der Waals surface area contributed by atoms with Crippen molar-refractivity contribution in [3.8, 4) is 0 Å². The van der Waals surface area contributed by atoms with Gasteiger partial charge in [-0.15, -0.1) is 0 Å². The number of para-hydroxylation sites is 2. The number of imidazole rings is 1. The maximum Gasteiger partial charge on any atom is 0.113 e. The van der Waals surface area contributed by atoms with E-state index in [4.69, 9.17) is 4.98 Å². The Morgan fingerprint density at radius 2 is 1.95 bits per heavy atom. The zero-order valence-electron chi connectivity index (χ0n) is 13.3. The summed E-state index contributed by atoms with van der Waals surface area (Å²) in [5.41, 5.74) is 2.37. The third-order valence-electron chi connectivity index (χ3n) is 3.56. The summed E-state index contributed by atoms with van der Waals surface area (Å²) in [6.07, 6.45) is 8.86. The molecule has 0 aliphatic heterocycles. The first-order chi connectivity index (χ1) is 10.4. The zero-order chi connectivity index (χ0) is 14.9. The van der Waals surface area contributed by atoms with Crippen LogP contribution in [0.5, 0.6) is 0 Å². The van der Waals surface area contributed by atoms with Gasteiger partial charge in [-0.05, 0) is 44.5 Å². The predicted octanol–water partition coefficient (Wildman–Crippen LogP) is 3.93. The summed E-state index contributed by atoms with van der Waals surface area (Å²) in [7, 11) is 0. The van der Waals surface area contributed by atoms with Crippen molar-refractivity contribution in [1.82, 2.24) is 14.9 Å². The summed E-state index contributed by atoms with van der Waals surface area (Å²) in [4.78, 5) is 4.77. The van der Waals surface area contributed by atoms with Crippen LogP contribution in [0.1, 0.15) is 38.9 Å². The maximum atomic E-state index is 4.77. The Morgan fingerprint density at radius 1 is 1.10 bits per heavy atom. The molecule has 0 saturated carbocycles. The van der Waals surface area contributed by atoms with Crippen molar-refractivity contribution in [3.63, 3.8) is 0 Å². The van der Waals surface area contributed by atoms with Crippen LogP contribution in [-0.2, 0) is 13.0 Å². The van der Waals surface area contributed by atoms with Gasteiger partial charge in [-0.3, -0.25) is 0 Å². The smallest absolute Gasteiger partial charge is 0.113 e. The van der Waals surface area contributed by atoms with Gasteiger partial charge in [-0.2, -0.15) is 0 Å². The molecule has 1 heterocycles. The summed E-state index contributed by atoms with van der Waals surface area (Å²) in [6.45, 7) is 7.63. The Bertz CT molecular complexity index is 569. The molecule has 0 bridgehead atoms. The lowest BCUT2D eigenvalue weighted by Gasteiger charge is -2.05. The molecule has 21 heavy (non-hydrogen) atoms. The van der Waals surface area contributed by atoms with Gasteiger partial charge in [0, 0.05) is 13.0 Å². The van der Waals surface area contributed by atoms with Crippen LogP contribution in [0.2, 0.25) is 0 Å². The van der Waals surface area contributed by atoms with E-state index in [9.17, 15) is 0 Å². The lowest BCUT2D eigenvalue weighted by molar-refractivity contribution is 0.664. The van der Waals surface area contributed by atoms with Gasteiger partial charge in [0.2, 0.25) is 0 Å². The van der Waals surface area contributed by atoms with Gasteiger partial charge in [0.15, 0.2) is 0 Å². The average Bonchev–Trinajstić information content (AvgIpc) is 2.85. The molecule has 0 amide bonds. The van der Waals surface area contributed by atoms with E-state index in [-0.39, 0.29) is 0 Å². The van der Waals surface area contributed by atoms with Crippen molar-refractivity contribution >= 4 is 11.0 Å². The van der Waals surface area contributed by atoms with E-state index in [2.05, 4.69) is 60.1 Å². The molecule has 0 saturated heterocycles. The largest absolute Gasteiger partial charge is 0.328 e. The van der Waals surface area contributed by atoms with Crippen LogP contribution in [0.4, 0.5) is 0 Å². The van der Waals surface area contributed by atoms with Crippen molar-refractivity contribution in [2.24, 2.45) is 0 Å². The number of benzene rings is 1. The maximum absolute atomic E-state index is 4.77. The molecule has 2 rings (SSSR count). The van der Waals surface area contributed by atoms with Crippen molar-refractivity contribution in [1.29, 1.82) is 0 Å². The topological polar surface area (TPSA) is 29.9 Å². The molecule has 0 atom stereocenters. The highest BCUT2D eigenvalue weighted by molar-refractivity contribution is 5.75. The Balaban J connectivity index is 1.97. The Labute approximate surface area is 128 Å². The van der Waals surface area contributed by atoms with Gasteiger partial charge in [-0.25, -0.2) is 4.98 Å². The monoisotopic (exact) mass is 285 g/mol. The van der Waals surface area contributed by atoms with E-state index >= 15 is 0 Å². The average molecular weight is 285 g/mol. The molecule has 0 spiro atoms. The fourth-order valence-corrected chi connectivity index (χ4v) is 2.55. The van der Waals surface area contributed by atoms with Gasteiger partial charge in [0.05, 0.1) is 11.0 Å². The molecule has 0 fully saturated rings.